The molecule has 2 heterocycles. The molecule has 0 saturated carbocycles. The number of amides is 2. The van der Waals surface area contributed by atoms with Gasteiger partial charge in [-0.2, -0.15) is 11.3 Å². The lowest BCUT2D eigenvalue weighted by molar-refractivity contribution is -0.145. The highest BCUT2D eigenvalue weighted by molar-refractivity contribution is 7.08. The third kappa shape index (κ3) is 4.56. The van der Waals surface area contributed by atoms with Gasteiger partial charge in [0.15, 0.2) is 0 Å². The summed E-state index contributed by atoms with van der Waals surface area (Å²) in [6, 6.07) is 1.75. The second kappa shape index (κ2) is 7.93. The Morgan fingerprint density at radius 3 is 2.91 bits per heavy atom. The predicted octanol–water partition coefficient (Wildman–Crippen LogP) is 1.58. The Labute approximate surface area is 133 Å². The summed E-state index contributed by atoms with van der Waals surface area (Å²) in [5.41, 5.74) is 0.636. The van der Waals surface area contributed by atoms with E-state index in [1.54, 1.807) is 16.3 Å². The van der Waals surface area contributed by atoms with E-state index in [2.05, 4.69) is 5.32 Å². The Hall–Kier alpha value is -1.89. The van der Waals surface area contributed by atoms with Crippen LogP contribution in [-0.2, 0) is 9.59 Å². The van der Waals surface area contributed by atoms with Crippen molar-refractivity contribution in [2.45, 2.75) is 25.7 Å². The van der Waals surface area contributed by atoms with Crippen molar-refractivity contribution in [3.63, 3.8) is 0 Å². The molecule has 22 heavy (non-hydrogen) atoms. The van der Waals surface area contributed by atoms with Gasteiger partial charge < -0.3 is 15.3 Å². The molecule has 2 rings (SSSR count). The summed E-state index contributed by atoms with van der Waals surface area (Å²) in [5.74, 6) is -1.44. The lowest BCUT2D eigenvalue weighted by Crippen LogP contribution is -2.42. The lowest BCUT2D eigenvalue weighted by atomic mass is 9.98. The third-order valence-corrected chi connectivity index (χ3v) is 4.44. The van der Waals surface area contributed by atoms with E-state index in [9.17, 15) is 14.4 Å². The lowest BCUT2D eigenvalue weighted by Gasteiger charge is -2.30. The zero-order valence-corrected chi connectivity index (χ0v) is 13.1. The fourth-order valence-electron chi connectivity index (χ4n) is 2.50. The highest BCUT2D eigenvalue weighted by Crippen LogP contribution is 2.17. The number of carbonyl (C=O) groups excluding carboxylic acids is 2. The molecule has 0 aliphatic carbocycles. The summed E-state index contributed by atoms with van der Waals surface area (Å²) >= 11 is 1.46. The van der Waals surface area contributed by atoms with Crippen LogP contribution in [0.25, 0.3) is 0 Å². The van der Waals surface area contributed by atoms with Crippen molar-refractivity contribution < 1.29 is 19.5 Å². The first kappa shape index (κ1) is 16.5. The molecule has 0 spiro atoms. The van der Waals surface area contributed by atoms with Crippen molar-refractivity contribution in [2.75, 3.05) is 19.6 Å². The summed E-state index contributed by atoms with van der Waals surface area (Å²) < 4.78 is 0. The van der Waals surface area contributed by atoms with Crippen LogP contribution in [0.3, 0.4) is 0 Å². The number of carbonyl (C=O) groups is 3. The van der Waals surface area contributed by atoms with Gasteiger partial charge in [0.2, 0.25) is 5.91 Å². The van der Waals surface area contributed by atoms with Crippen LogP contribution in [0, 0.1) is 5.92 Å². The zero-order valence-electron chi connectivity index (χ0n) is 12.3. The van der Waals surface area contributed by atoms with E-state index < -0.39 is 11.9 Å². The number of likely N-dealkylation sites (tertiary alicyclic amines) is 1. The molecule has 1 aliphatic heterocycles. The molecule has 1 atom stereocenters. The van der Waals surface area contributed by atoms with E-state index in [-0.39, 0.29) is 11.8 Å². The first-order chi connectivity index (χ1) is 10.6. The average molecular weight is 324 g/mol. The van der Waals surface area contributed by atoms with E-state index in [1.807, 2.05) is 5.38 Å². The number of nitrogens with one attached hydrogen (secondary N) is 1. The van der Waals surface area contributed by atoms with E-state index in [0.29, 0.717) is 44.5 Å². The SMILES string of the molecule is O=C(NCCCC(=O)N1CCCC(C(=O)O)C1)c1ccsc1. The van der Waals surface area contributed by atoms with Crippen LogP contribution in [0.15, 0.2) is 16.8 Å². The van der Waals surface area contributed by atoms with Gasteiger partial charge in [-0.25, -0.2) is 0 Å². The normalized spacial score (nSPS) is 18.0. The van der Waals surface area contributed by atoms with Crippen molar-refractivity contribution in [3.8, 4) is 0 Å². The smallest absolute Gasteiger partial charge is 0.308 e. The second-order valence-corrected chi connectivity index (χ2v) is 6.17. The Kier molecular flexibility index (Phi) is 5.94. The molecule has 1 saturated heterocycles. The van der Waals surface area contributed by atoms with Gasteiger partial charge in [-0.15, -0.1) is 0 Å². The van der Waals surface area contributed by atoms with Gasteiger partial charge in [0.25, 0.3) is 5.91 Å². The Morgan fingerprint density at radius 2 is 2.23 bits per heavy atom. The highest BCUT2D eigenvalue weighted by Gasteiger charge is 2.27. The van der Waals surface area contributed by atoms with Crippen LogP contribution < -0.4 is 5.32 Å². The maximum absolute atomic E-state index is 12.1. The Balaban J connectivity index is 1.67. The summed E-state index contributed by atoms with van der Waals surface area (Å²) in [5, 5.41) is 15.4. The van der Waals surface area contributed by atoms with Crippen molar-refractivity contribution in [1.29, 1.82) is 0 Å². The largest absolute Gasteiger partial charge is 0.481 e. The standard InChI is InChI=1S/C15H20N2O4S/c18-13(17-7-2-3-11(9-17)15(20)21)4-1-6-16-14(19)12-5-8-22-10-12/h5,8,10-11H,1-4,6-7,9H2,(H,16,19)(H,20,21). The molecule has 0 bridgehead atoms. The van der Waals surface area contributed by atoms with Crippen molar-refractivity contribution in [3.05, 3.63) is 22.4 Å². The fraction of sp³-hybridized carbons (Fsp3) is 0.533. The van der Waals surface area contributed by atoms with Crippen LogP contribution in [0.1, 0.15) is 36.0 Å². The quantitative estimate of drug-likeness (QED) is 0.778. The molecular formula is C15H20N2O4S. The molecule has 2 amide bonds. The fourth-order valence-corrected chi connectivity index (χ4v) is 3.14. The summed E-state index contributed by atoms with van der Waals surface area (Å²) in [6.07, 6.45) is 2.26. The molecule has 1 aromatic rings. The minimum atomic E-state index is -0.833. The number of piperidine rings is 1. The van der Waals surface area contributed by atoms with Crippen molar-refractivity contribution in [1.82, 2.24) is 10.2 Å². The van der Waals surface area contributed by atoms with Crippen LogP contribution in [0.5, 0.6) is 0 Å². The molecular weight excluding hydrogens is 304 g/mol. The van der Waals surface area contributed by atoms with E-state index >= 15 is 0 Å². The number of carboxylic acids is 1. The van der Waals surface area contributed by atoms with Gasteiger partial charge in [-0.3, -0.25) is 14.4 Å². The first-order valence-electron chi connectivity index (χ1n) is 7.39. The first-order valence-corrected chi connectivity index (χ1v) is 8.33. The maximum Gasteiger partial charge on any atom is 0.308 e. The van der Waals surface area contributed by atoms with E-state index in [4.69, 9.17) is 5.11 Å². The summed E-state index contributed by atoms with van der Waals surface area (Å²) in [7, 11) is 0. The van der Waals surface area contributed by atoms with Gasteiger partial charge >= 0.3 is 5.97 Å². The molecule has 1 fully saturated rings. The minimum Gasteiger partial charge on any atom is -0.481 e. The number of carboxylic acid groups (broad SMARTS) is 1. The van der Waals surface area contributed by atoms with Crippen molar-refractivity contribution >= 4 is 29.1 Å². The minimum absolute atomic E-state index is 0.0317. The summed E-state index contributed by atoms with van der Waals surface area (Å²) in [4.78, 5) is 36.4. The molecule has 1 unspecified atom stereocenters. The van der Waals surface area contributed by atoms with Crippen molar-refractivity contribution in [2.24, 2.45) is 5.92 Å². The number of rotatable bonds is 6. The van der Waals surface area contributed by atoms with Crippen LogP contribution in [0.2, 0.25) is 0 Å². The van der Waals surface area contributed by atoms with Crippen LogP contribution in [-0.4, -0.2) is 47.4 Å². The van der Waals surface area contributed by atoms with Gasteiger partial charge in [-0.05, 0) is 30.7 Å². The molecule has 2 N–H and O–H groups in total. The maximum atomic E-state index is 12.1. The molecule has 0 radical (unpaired) electrons. The van der Waals surface area contributed by atoms with Gasteiger partial charge in [0, 0.05) is 37.0 Å². The molecule has 7 heteroatoms. The van der Waals surface area contributed by atoms with Crippen LogP contribution >= 0.6 is 11.3 Å². The zero-order chi connectivity index (χ0) is 15.9. The monoisotopic (exact) mass is 324 g/mol. The molecule has 1 aliphatic rings. The number of aliphatic carboxylic acids is 1. The van der Waals surface area contributed by atoms with E-state index in [1.165, 1.54) is 11.3 Å². The second-order valence-electron chi connectivity index (χ2n) is 5.39. The molecule has 0 aromatic carbocycles. The van der Waals surface area contributed by atoms with E-state index in [0.717, 1.165) is 6.42 Å². The third-order valence-electron chi connectivity index (χ3n) is 3.76. The Bertz CT molecular complexity index is 530. The number of nitrogens with zero attached hydrogens (tertiary/aromatic N) is 1. The molecule has 6 nitrogen and oxygen atoms in total. The number of thiophene rings is 1. The highest BCUT2D eigenvalue weighted by atomic mass is 32.1. The molecule has 1 aromatic heterocycles. The van der Waals surface area contributed by atoms with Crippen LogP contribution in [0.4, 0.5) is 0 Å². The number of hydrogen-bond acceptors (Lipinski definition) is 4. The molecule has 120 valence electrons. The topological polar surface area (TPSA) is 86.7 Å². The van der Waals surface area contributed by atoms with Gasteiger partial charge in [0.1, 0.15) is 0 Å². The predicted molar refractivity (Wildman–Crippen MR) is 82.8 cm³/mol. The Morgan fingerprint density at radius 1 is 1.41 bits per heavy atom. The average Bonchev–Trinajstić information content (AvgIpc) is 3.05. The van der Waals surface area contributed by atoms with Gasteiger partial charge in [0.05, 0.1) is 5.92 Å². The van der Waals surface area contributed by atoms with Gasteiger partial charge in [-0.1, -0.05) is 0 Å². The number of hydrogen-bond donors (Lipinski definition) is 2. The summed E-state index contributed by atoms with van der Waals surface area (Å²) in [6.45, 7) is 1.37.